The van der Waals surface area contributed by atoms with E-state index in [2.05, 4.69) is 4.98 Å². The third-order valence-corrected chi connectivity index (χ3v) is 3.12. The lowest BCUT2D eigenvalue weighted by Gasteiger charge is -2.06. The molecule has 2 aromatic rings. The minimum absolute atomic E-state index is 0.771. The first kappa shape index (κ1) is 9.98. The van der Waals surface area contributed by atoms with E-state index < -0.39 is 0 Å². The van der Waals surface area contributed by atoms with Crippen LogP contribution >= 0.6 is 11.3 Å². The van der Waals surface area contributed by atoms with Crippen LogP contribution in [0, 0.1) is 0 Å². The molecule has 0 atom stereocenters. The SMILES string of the molecule is CN(C)c1nc(-c2ccccc2N)cs1. The normalized spacial score (nSPS) is 10.3. The summed E-state index contributed by atoms with van der Waals surface area (Å²) in [6, 6.07) is 7.78. The first-order valence-corrected chi connectivity index (χ1v) is 5.54. The molecular weight excluding hydrogens is 206 g/mol. The first-order valence-electron chi connectivity index (χ1n) is 4.66. The predicted molar refractivity (Wildman–Crippen MR) is 66.3 cm³/mol. The van der Waals surface area contributed by atoms with Gasteiger partial charge in [-0.2, -0.15) is 0 Å². The molecule has 0 amide bonds. The second-order valence-corrected chi connectivity index (χ2v) is 4.33. The number of benzene rings is 1. The molecule has 0 aliphatic carbocycles. The highest BCUT2D eigenvalue weighted by atomic mass is 32.1. The fraction of sp³-hybridized carbons (Fsp3) is 0.182. The summed E-state index contributed by atoms with van der Waals surface area (Å²) < 4.78 is 0. The molecule has 2 N–H and O–H groups in total. The Hall–Kier alpha value is -1.55. The van der Waals surface area contributed by atoms with Crippen molar-refractivity contribution in [1.29, 1.82) is 0 Å². The lowest BCUT2D eigenvalue weighted by molar-refractivity contribution is 1.11. The number of nitrogens with two attached hydrogens (primary N) is 1. The maximum Gasteiger partial charge on any atom is 0.185 e. The van der Waals surface area contributed by atoms with Crippen LogP contribution in [0.1, 0.15) is 0 Å². The summed E-state index contributed by atoms with van der Waals surface area (Å²) in [6.07, 6.45) is 0. The van der Waals surface area contributed by atoms with Gasteiger partial charge in [0, 0.05) is 30.7 Å². The van der Waals surface area contributed by atoms with Crippen LogP contribution in [-0.2, 0) is 0 Å². The number of nitrogens with zero attached hydrogens (tertiary/aromatic N) is 2. The van der Waals surface area contributed by atoms with Crippen molar-refractivity contribution in [3.05, 3.63) is 29.6 Å². The van der Waals surface area contributed by atoms with Crippen LogP contribution in [0.5, 0.6) is 0 Å². The highest BCUT2D eigenvalue weighted by molar-refractivity contribution is 7.14. The highest BCUT2D eigenvalue weighted by Gasteiger charge is 2.07. The minimum Gasteiger partial charge on any atom is -0.398 e. The molecule has 2 rings (SSSR count). The molecule has 0 aliphatic heterocycles. The molecule has 15 heavy (non-hydrogen) atoms. The molecular formula is C11H13N3S. The zero-order valence-corrected chi connectivity index (χ0v) is 9.58. The average Bonchev–Trinajstić information content (AvgIpc) is 2.67. The zero-order valence-electron chi connectivity index (χ0n) is 8.77. The van der Waals surface area contributed by atoms with Gasteiger partial charge in [-0.25, -0.2) is 4.98 Å². The Bertz CT molecular complexity index is 462. The number of rotatable bonds is 2. The van der Waals surface area contributed by atoms with E-state index >= 15 is 0 Å². The van der Waals surface area contributed by atoms with Crippen molar-refractivity contribution in [1.82, 2.24) is 4.98 Å². The van der Waals surface area contributed by atoms with Gasteiger partial charge >= 0.3 is 0 Å². The van der Waals surface area contributed by atoms with Gasteiger partial charge in [-0.05, 0) is 6.07 Å². The first-order chi connectivity index (χ1) is 7.18. The lowest BCUT2D eigenvalue weighted by atomic mass is 10.1. The molecule has 0 unspecified atom stereocenters. The van der Waals surface area contributed by atoms with Gasteiger partial charge in [0.25, 0.3) is 0 Å². The van der Waals surface area contributed by atoms with Crippen LogP contribution in [0.3, 0.4) is 0 Å². The molecule has 0 bridgehead atoms. The lowest BCUT2D eigenvalue weighted by Crippen LogP contribution is -2.07. The maximum atomic E-state index is 5.89. The van der Waals surface area contributed by atoms with Gasteiger partial charge in [0.1, 0.15) is 0 Å². The van der Waals surface area contributed by atoms with E-state index in [1.807, 2.05) is 48.6 Å². The molecule has 4 heteroatoms. The third kappa shape index (κ3) is 1.94. The van der Waals surface area contributed by atoms with E-state index in [1.165, 1.54) is 0 Å². The largest absolute Gasteiger partial charge is 0.398 e. The molecule has 0 radical (unpaired) electrons. The van der Waals surface area contributed by atoms with Gasteiger partial charge < -0.3 is 10.6 Å². The van der Waals surface area contributed by atoms with Gasteiger partial charge in [0.15, 0.2) is 5.13 Å². The smallest absolute Gasteiger partial charge is 0.185 e. The van der Waals surface area contributed by atoms with Crippen molar-refractivity contribution in [2.45, 2.75) is 0 Å². The molecule has 0 saturated carbocycles. The Morgan fingerprint density at radius 1 is 1.27 bits per heavy atom. The summed E-state index contributed by atoms with van der Waals surface area (Å²) >= 11 is 1.62. The van der Waals surface area contributed by atoms with Crippen LogP contribution in [0.25, 0.3) is 11.3 Å². The number of nitrogen functional groups attached to an aromatic ring is 1. The maximum absolute atomic E-state index is 5.89. The summed E-state index contributed by atoms with van der Waals surface area (Å²) in [6.45, 7) is 0. The van der Waals surface area contributed by atoms with Crippen molar-refractivity contribution in [2.75, 3.05) is 24.7 Å². The Morgan fingerprint density at radius 2 is 2.00 bits per heavy atom. The fourth-order valence-electron chi connectivity index (χ4n) is 1.32. The van der Waals surface area contributed by atoms with Gasteiger partial charge in [0.2, 0.25) is 0 Å². The number of hydrogen-bond acceptors (Lipinski definition) is 4. The highest BCUT2D eigenvalue weighted by Crippen LogP contribution is 2.29. The Balaban J connectivity index is 2.42. The molecule has 0 aliphatic rings. The Kier molecular flexibility index (Phi) is 2.60. The van der Waals surface area contributed by atoms with E-state index in [0.29, 0.717) is 0 Å². The summed E-state index contributed by atoms with van der Waals surface area (Å²) in [4.78, 5) is 6.50. The second kappa shape index (κ2) is 3.90. The second-order valence-electron chi connectivity index (χ2n) is 3.50. The number of thiazole rings is 1. The van der Waals surface area contributed by atoms with Gasteiger partial charge in [-0.3, -0.25) is 0 Å². The van der Waals surface area contributed by atoms with E-state index in [-0.39, 0.29) is 0 Å². The van der Waals surface area contributed by atoms with E-state index in [1.54, 1.807) is 11.3 Å². The van der Waals surface area contributed by atoms with Crippen LogP contribution in [0.2, 0.25) is 0 Å². The van der Waals surface area contributed by atoms with Gasteiger partial charge in [0.05, 0.1) is 5.69 Å². The van der Waals surface area contributed by atoms with Crippen molar-refractivity contribution >= 4 is 22.2 Å². The van der Waals surface area contributed by atoms with Crippen LogP contribution in [-0.4, -0.2) is 19.1 Å². The molecule has 0 spiro atoms. The van der Waals surface area contributed by atoms with E-state index in [0.717, 1.165) is 22.1 Å². The van der Waals surface area contributed by atoms with Crippen molar-refractivity contribution in [3.63, 3.8) is 0 Å². The zero-order chi connectivity index (χ0) is 10.8. The molecule has 1 aromatic carbocycles. The van der Waals surface area contributed by atoms with Crippen molar-refractivity contribution in [3.8, 4) is 11.3 Å². The monoisotopic (exact) mass is 219 g/mol. The summed E-state index contributed by atoms with van der Waals surface area (Å²) in [5.41, 5.74) is 8.61. The summed E-state index contributed by atoms with van der Waals surface area (Å²) in [5.74, 6) is 0. The number of para-hydroxylation sites is 1. The number of hydrogen-bond donors (Lipinski definition) is 1. The quantitative estimate of drug-likeness (QED) is 0.789. The molecule has 0 fully saturated rings. The standard InChI is InChI=1S/C11H13N3S/c1-14(2)11-13-10(7-15-11)8-5-3-4-6-9(8)12/h3-7H,12H2,1-2H3. The molecule has 0 saturated heterocycles. The summed E-state index contributed by atoms with van der Waals surface area (Å²) in [5, 5.41) is 3.02. The average molecular weight is 219 g/mol. The molecule has 1 heterocycles. The van der Waals surface area contributed by atoms with Crippen LogP contribution in [0.4, 0.5) is 10.8 Å². The third-order valence-electron chi connectivity index (χ3n) is 2.11. The molecule has 3 nitrogen and oxygen atoms in total. The van der Waals surface area contributed by atoms with E-state index in [4.69, 9.17) is 5.73 Å². The molecule has 1 aromatic heterocycles. The fourth-order valence-corrected chi connectivity index (χ4v) is 2.08. The van der Waals surface area contributed by atoms with Crippen LogP contribution < -0.4 is 10.6 Å². The van der Waals surface area contributed by atoms with Gasteiger partial charge in [-0.15, -0.1) is 11.3 Å². The number of anilines is 2. The van der Waals surface area contributed by atoms with E-state index in [9.17, 15) is 0 Å². The Labute approximate surface area is 93.2 Å². The minimum atomic E-state index is 0.771. The number of aromatic nitrogens is 1. The summed E-state index contributed by atoms with van der Waals surface area (Å²) in [7, 11) is 3.97. The topological polar surface area (TPSA) is 42.2 Å². The predicted octanol–water partition coefficient (Wildman–Crippen LogP) is 2.46. The Morgan fingerprint density at radius 3 is 2.60 bits per heavy atom. The van der Waals surface area contributed by atoms with Crippen LogP contribution in [0.15, 0.2) is 29.6 Å². The van der Waals surface area contributed by atoms with Crippen molar-refractivity contribution in [2.24, 2.45) is 0 Å². The van der Waals surface area contributed by atoms with Crippen molar-refractivity contribution < 1.29 is 0 Å². The van der Waals surface area contributed by atoms with Gasteiger partial charge in [-0.1, -0.05) is 18.2 Å². The molecule has 78 valence electrons.